The van der Waals surface area contributed by atoms with Crippen LogP contribution in [0.2, 0.25) is 0 Å². The Bertz CT molecular complexity index is 477. The molecule has 3 unspecified atom stereocenters. The SMILES string of the molecule is CSCCC(NC(=O)C(CCSC)NC(=O)C(N)CC(=O)O)C(=O)O. The number of carbonyl (C=O) groups excluding carboxylic acids is 2. The van der Waals surface area contributed by atoms with Crippen LogP contribution >= 0.6 is 23.5 Å². The molecule has 0 aromatic carbocycles. The molecule has 25 heavy (non-hydrogen) atoms. The molecule has 0 aliphatic heterocycles. The van der Waals surface area contributed by atoms with Crippen molar-refractivity contribution < 1.29 is 29.4 Å². The van der Waals surface area contributed by atoms with Crippen LogP contribution in [0.25, 0.3) is 0 Å². The van der Waals surface area contributed by atoms with E-state index in [1.165, 1.54) is 23.5 Å². The highest BCUT2D eigenvalue weighted by Crippen LogP contribution is 2.05. The van der Waals surface area contributed by atoms with Crippen LogP contribution in [0.4, 0.5) is 0 Å². The lowest BCUT2D eigenvalue weighted by atomic mass is 10.1. The molecule has 9 nitrogen and oxygen atoms in total. The van der Waals surface area contributed by atoms with Crippen molar-refractivity contribution in [2.45, 2.75) is 37.4 Å². The van der Waals surface area contributed by atoms with Gasteiger partial charge in [0.2, 0.25) is 11.8 Å². The minimum atomic E-state index is -1.28. The Morgan fingerprint density at radius 1 is 0.920 bits per heavy atom. The number of carboxylic acids is 2. The smallest absolute Gasteiger partial charge is 0.326 e. The van der Waals surface area contributed by atoms with E-state index in [0.29, 0.717) is 11.5 Å². The van der Waals surface area contributed by atoms with E-state index in [1.54, 1.807) is 0 Å². The minimum absolute atomic E-state index is 0.254. The van der Waals surface area contributed by atoms with Gasteiger partial charge in [-0.25, -0.2) is 4.79 Å². The molecule has 11 heteroatoms. The van der Waals surface area contributed by atoms with Gasteiger partial charge >= 0.3 is 11.9 Å². The third kappa shape index (κ3) is 10.2. The molecule has 0 rings (SSSR count). The van der Waals surface area contributed by atoms with E-state index in [4.69, 9.17) is 10.8 Å². The summed E-state index contributed by atoms with van der Waals surface area (Å²) in [5.41, 5.74) is 5.48. The fourth-order valence-corrected chi connectivity index (χ4v) is 2.77. The van der Waals surface area contributed by atoms with Crippen LogP contribution in [0.5, 0.6) is 0 Å². The first-order chi connectivity index (χ1) is 11.7. The van der Waals surface area contributed by atoms with Crippen LogP contribution in [-0.4, -0.2) is 76.1 Å². The second-order valence-electron chi connectivity index (χ2n) is 5.23. The topological polar surface area (TPSA) is 159 Å². The fourth-order valence-electron chi connectivity index (χ4n) is 1.83. The lowest BCUT2D eigenvalue weighted by Gasteiger charge is -2.22. The van der Waals surface area contributed by atoms with Crippen molar-refractivity contribution in [2.75, 3.05) is 24.0 Å². The molecule has 0 bridgehead atoms. The molecule has 0 aromatic heterocycles. The molecule has 0 aromatic rings. The Balaban J connectivity index is 4.92. The number of hydrogen-bond donors (Lipinski definition) is 5. The highest BCUT2D eigenvalue weighted by Gasteiger charge is 2.28. The molecule has 0 fully saturated rings. The molecule has 6 N–H and O–H groups in total. The molecule has 0 heterocycles. The highest BCUT2D eigenvalue weighted by molar-refractivity contribution is 7.98. The minimum Gasteiger partial charge on any atom is -0.481 e. The maximum absolute atomic E-state index is 12.3. The summed E-state index contributed by atoms with van der Waals surface area (Å²) in [6.45, 7) is 0. The van der Waals surface area contributed by atoms with Crippen LogP contribution in [0.1, 0.15) is 19.3 Å². The van der Waals surface area contributed by atoms with E-state index in [0.717, 1.165) is 0 Å². The Morgan fingerprint density at radius 3 is 1.84 bits per heavy atom. The van der Waals surface area contributed by atoms with Crippen molar-refractivity contribution in [3.63, 3.8) is 0 Å². The van der Waals surface area contributed by atoms with E-state index in [2.05, 4.69) is 10.6 Å². The predicted molar refractivity (Wildman–Crippen MR) is 97.7 cm³/mol. The number of nitrogens with one attached hydrogen (secondary N) is 2. The zero-order valence-corrected chi connectivity index (χ0v) is 15.8. The van der Waals surface area contributed by atoms with Gasteiger partial charge in [0.05, 0.1) is 12.5 Å². The number of hydrogen-bond acceptors (Lipinski definition) is 7. The van der Waals surface area contributed by atoms with E-state index in [-0.39, 0.29) is 12.8 Å². The summed E-state index contributed by atoms with van der Waals surface area (Å²) >= 11 is 2.91. The van der Waals surface area contributed by atoms with Crippen LogP contribution in [0.3, 0.4) is 0 Å². The summed E-state index contributed by atoms with van der Waals surface area (Å²) in [6, 6.07) is -3.31. The van der Waals surface area contributed by atoms with Gasteiger partial charge in [-0.2, -0.15) is 23.5 Å². The summed E-state index contributed by atoms with van der Waals surface area (Å²) in [4.78, 5) is 46.1. The molecule has 0 saturated heterocycles. The molecule has 3 atom stereocenters. The van der Waals surface area contributed by atoms with Crippen LogP contribution < -0.4 is 16.4 Å². The zero-order chi connectivity index (χ0) is 19.4. The van der Waals surface area contributed by atoms with E-state index < -0.39 is 48.3 Å². The van der Waals surface area contributed by atoms with Gasteiger partial charge in [-0.3, -0.25) is 14.4 Å². The van der Waals surface area contributed by atoms with Crippen molar-refractivity contribution in [2.24, 2.45) is 5.73 Å². The molecule has 0 spiro atoms. The summed E-state index contributed by atoms with van der Waals surface area (Å²) in [5.74, 6) is -2.66. The first-order valence-corrected chi connectivity index (χ1v) is 10.3. The highest BCUT2D eigenvalue weighted by atomic mass is 32.2. The van der Waals surface area contributed by atoms with E-state index in [1.807, 2.05) is 12.5 Å². The second kappa shape index (κ2) is 12.8. The summed E-state index contributed by atoms with van der Waals surface area (Å²) in [5, 5.41) is 22.7. The number of aliphatic carboxylic acids is 2. The van der Waals surface area contributed by atoms with Crippen LogP contribution in [-0.2, 0) is 19.2 Å². The van der Waals surface area contributed by atoms with Gasteiger partial charge in [0, 0.05) is 0 Å². The summed E-state index contributed by atoms with van der Waals surface area (Å²) in [6.07, 6.45) is 3.61. The molecule has 2 amide bonds. The van der Waals surface area contributed by atoms with Crippen molar-refractivity contribution in [3.05, 3.63) is 0 Å². The van der Waals surface area contributed by atoms with E-state index >= 15 is 0 Å². The van der Waals surface area contributed by atoms with E-state index in [9.17, 15) is 24.3 Å². The van der Waals surface area contributed by atoms with Crippen molar-refractivity contribution in [3.8, 4) is 0 Å². The lowest BCUT2D eigenvalue weighted by molar-refractivity contribution is -0.142. The Labute approximate surface area is 154 Å². The van der Waals surface area contributed by atoms with Gasteiger partial charge < -0.3 is 26.6 Å². The Morgan fingerprint density at radius 2 is 1.40 bits per heavy atom. The number of rotatable bonds is 13. The number of amides is 2. The molecular formula is C14H25N3O6S2. The molecule has 144 valence electrons. The monoisotopic (exact) mass is 395 g/mol. The molecular weight excluding hydrogens is 370 g/mol. The fraction of sp³-hybridized carbons (Fsp3) is 0.714. The van der Waals surface area contributed by atoms with Crippen LogP contribution in [0, 0.1) is 0 Å². The lowest BCUT2D eigenvalue weighted by Crippen LogP contribution is -2.55. The summed E-state index contributed by atoms with van der Waals surface area (Å²) < 4.78 is 0. The first-order valence-electron chi connectivity index (χ1n) is 7.51. The first kappa shape index (κ1) is 23.5. The standard InChI is InChI=1S/C14H25N3O6S2/c1-24-5-3-9(16-12(20)8(15)7-11(18)19)13(21)17-10(14(22)23)4-6-25-2/h8-10H,3-7,15H2,1-2H3,(H,16,20)(H,17,21)(H,18,19)(H,22,23). The van der Waals surface area contributed by atoms with Gasteiger partial charge in [0.15, 0.2) is 0 Å². The average Bonchev–Trinajstić information content (AvgIpc) is 2.53. The number of thioether (sulfide) groups is 2. The van der Waals surface area contributed by atoms with Crippen LogP contribution in [0.15, 0.2) is 0 Å². The molecule has 0 aliphatic rings. The number of carbonyl (C=O) groups is 4. The summed E-state index contributed by atoms with van der Waals surface area (Å²) in [7, 11) is 0. The third-order valence-corrected chi connectivity index (χ3v) is 4.49. The van der Waals surface area contributed by atoms with Crippen molar-refractivity contribution in [1.82, 2.24) is 10.6 Å². The van der Waals surface area contributed by atoms with Gasteiger partial charge in [-0.1, -0.05) is 0 Å². The van der Waals surface area contributed by atoms with Gasteiger partial charge in [-0.15, -0.1) is 0 Å². The molecule has 0 radical (unpaired) electrons. The zero-order valence-electron chi connectivity index (χ0n) is 14.2. The third-order valence-electron chi connectivity index (χ3n) is 3.20. The van der Waals surface area contributed by atoms with Gasteiger partial charge in [0.25, 0.3) is 0 Å². The van der Waals surface area contributed by atoms with Gasteiger partial charge in [0.1, 0.15) is 12.1 Å². The Hall–Kier alpha value is -1.46. The number of nitrogens with two attached hydrogens (primary N) is 1. The maximum Gasteiger partial charge on any atom is 0.326 e. The maximum atomic E-state index is 12.3. The van der Waals surface area contributed by atoms with Gasteiger partial charge in [-0.05, 0) is 36.9 Å². The quantitative estimate of drug-likeness (QED) is 0.273. The molecule has 0 saturated carbocycles. The average molecular weight is 396 g/mol. The second-order valence-corrected chi connectivity index (χ2v) is 7.20. The normalized spacial score (nSPS) is 14.2. The van der Waals surface area contributed by atoms with Crippen molar-refractivity contribution in [1.29, 1.82) is 0 Å². The number of carboxylic acid groups (broad SMARTS) is 2. The predicted octanol–water partition coefficient (Wildman–Crippen LogP) is -0.651. The van der Waals surface area contributed by atoms with Crippen molar-refractivity contribution >= 4 is 47.3 Å². The molecule has 0 aliphatic carbocycles. The largest absolute Gasteiger partial charge is 0.481 e. The Kier molecular flexibility index (Phi) is 12.1.